The Kier molecular flexibility index (Phi) is 6.26. The van der Waals surface area contributed by atoms with Crippen molar-refractivity contribution in [2.75, 3.05) is 11.5 Å². The van der Waals surface area contributed by atoms with E-state index in [-0.39, 0.29) is 42.6 Å². The molecule has 2 fully saturated rings. The van der Waals surface area contributed by atoms with E-state index in [0.717, 1.165) is 4.90 Å². The number of imide groups is 1. The maximum absolute atomic E-state index is 12.5. The predicted molar refractivity (Wildman–Crippen MR) is 115 cm³/mol. The van der Waals surface area contributed by atoms with Crippen molar-refractivity contribution in [2.45, 2.75) is 50.9 Å². The summed E-state index contributed by atoms with van der Waals surface area (Å²) >= 11 is 0. The second-order valence-corrected chi connectivity index (χ2v) is 8.13. The highest BCUT2D eigenvalue weighted by atomic mass is 16.5. The molecule has 2 aromatic rings. The minimum atomic E-state index is -0.673. The summed E-state index contributed by atoms with van der Waals surface area (Å²) in [5, 5.41) is 0. The van der Waals surface area contributed by atoms with Crippen LogP contribution in [0.5, 0.6) is 0 Å². The molecule has 0 unspecified atom stereocenters. The monoisotopic (exact) mass is 419 g/mol. The third kappa shape index (κ3) is 4.74. The van der Waals surface area contributed by atoms with Gasteiger partial charge in [0, 0.05) is 18.4 Å². The van der Waals surface area contributed by atoms with Crippen LogP contribution in [0.2, 0.25) is 0 Å². The molecule has 0 bridgehead atoms. The molecule has 31 heavy (non-hydrogen) atoms. The van der Waals surface area contributed by atoms with Crippen molar-refractivity contribution >= 4 is 29.3 Å². The fourth-order valence-electron chi connectivity index (χ4n) is 4.31. The van der Waals surface area contributed by atoms with Crippen LogP contribution in [-0.2, 0) is 14.3 Å². The van der Waals surface area contributed by atoms with Crippen LogP contribution in [0.4, 0.5) is 5.69 Å². The Bertz CT molecular complexity index is 989. The van der Waals surface area contributed by atoms with E-state index in [1.54, 1.807) is 24.3 Å². The van der Waals surface area contributed by atoms with Crippen LogP contribution in [0.15, 0.2) is 48.5 Å². The van der Waals surface area contributed by atoms with Crippen molar-refractivity contribution in [3.8, 4) is 0 Å². The summed E-state index contributed by atoms with van der Waals surface area (Å²) in [6.45, 7) is -0.368. The van der Waals surface area contributed by atoms with Crippen LogP contribution in [0, 0.1) is 0 Å². The molecule has 6 nitrogen and oxygen atoms in total. The number of ether oxygens (including phenoxy) is 1. The minimum absolute atomic E-state index is 0.168. The summed E-state index contributed by atoms with van der Waals surface area (Å²) < 4.78 is 5.19. The maximum atomic E-state index is 12.5. The lowest BCUT2D eigenvalue weighted by atomic mass is 9.84. The molecule has 1 saturated carbocycles. The highest BCUT2D eigenvalue weighted by molar-refractivity contribution is 6.20. The molecule has 1 saturated heterocycles. The number of carbonyl (C=O) groups excluding carboxylic acids is 4. The number of nitrogens with zero attached hydrogens (tertiary/aromatic N) is 1. The van der Waals surface area contributed by atoms with E-state index in [1.807, 2.05) is 12.1 Å². The number of rotatable bonds is 6. The first-order valence-corrected chi connectivity index (χ1v) is 10.8. The zero-order chi connectivity index (χ0) is 21.8. The minimum Gasteiger partial charge on any atom is -0.454 e. The van der Waals surface area contributed by atoms with E-state index in [4.69, 9.17) is 4.74 Å². The average molecular weight is 419 g/mol. The average Bonchev–Trinajstić information content (AvgIpc) is 3.15. The van der Waals surface area contributed by atoms with Gasteiger partial charge in [0.05, 0.1) is 11.3 Å². The summed E-state index contributed by atoms with van der Waals surface area (Å²) in [4.78, 5) is 49.8. The highest BCUT2D eigenvalue weighted by Crippen LogP contribution is 2.32. The van der Waals surface area contributed by atoms with Gasteiger partial charge in [-0.2, -0.15) is 0 Å². The molecule has 0 aromatic heterocycles. The zero-order valence-corrected chi connectivity index (χ0v) is 17.3. The van der Waals surface area contributed by atoms with Gasteiger partial charge < -0.3 is 4.74 Å². The lowest BCUT2D eigenvalue weighted by molar-refractivity contribution is -0.121. The molecule has 4 rings (SSSR count). The van der Waals surface area contributed by atoms with Crippen LogP contribution in [0.25, 0.3) is 0 Å². The van der Waals surface area contributed by atoms with E-state index in [9.17, 15) is 19.2 Å². The molecule has 2 amide bonds. The molecule has 2 aromatic carbocycles. The normalized spacial score (nSPS) is 17.1. The second-order valence-electron chi connectivity index (χ2n) is 8.13. The summed E-state index contributed by atoms with van der Waals surface area (Å²) in [6, 6.07) is 13.7. The molecule has 160 valence electrons. The number of amides is 2. The van der Waals surface area contributed by atoms with E-state index in [0.29, 0.717) is 17.2 Å². The number of carbonyl (C=O) groups is 4. The molecular formula is C25H25NO5. The molecule has 2 aliphatic rings. The van der Waals surface area contributed by atoms with Gasteiger partial charge in [0.25, 0.3) is 0 Å². The van der Waals surface area contributed by atoms with E-state index in [2.05, 4.69) is 0 Å². The summed E-state index contributed by atoms with van der Waals surface area (Å²) in [7, 11) is 0. The van der Waals surface area contributed by atoms with Gasteiger partial charge in [-0.25, -0.2) is 4.79 Å². The third-order valence-corrected chi connectivity index (χ3v) is 6.04. The van der Waals surface area contributed by atoms with E-state index in [1.165, 1.54) is 49.8 Å². The lowest BCUT2D eigenvalue weighted by Crippen LogP contribution is -2.28. The first-order chi connectivity index (χ1) is 15.0. The molecule has 1 heterocycles. The fraction of sp³-hybridized carbons (Fsp3) is 0.360. The van der Waals surface area contributed by atoms with Gasteiger partial charge >= 0.3 is 5.97 Å². The largest absolute Gasteiger partial charge is 0.454 e. The van der Waals surface area contributed by atoms with Crippen molar-refractivity contribution in [3.63, 3.8) is 0 Å². The van der Waals surface area contributed by atoms with Crippen LogP contribution < -0.4 is 4.90 Å². The van der Waals surface area contributed by atoms with Crippen LogP contribution in [0.1, 0.15) is 77.1 Å². The number of Topliss-reactive ketones (excluding diaryl/α,β-unsaturated/α-hetero) is 1. The van der Waals surface area contributed by atoms with Crippen molar-refractivity contribution in [2.24, 2.45) is 0 Å². The van der Waals surface area contributed by atoms with E-state index >= 15 is 0 Å². The van der Waals surface area contributed by atoms with Gasteiger partial charge in [-0.15, -0.1) is 0 Å². The standard InChI is InChI=1S/C25H25NO5/c27-22(19-11-9-18(10-12-19)17-5-2-1-3-6-17)16-31-25(30)20-7-4-8-21(15-20)26-23(28)13-14-24(26)29/h4,7-12,15,17H,1-3,5-6,13-14,16H2. The zero-order valence-electron chi connectivity index (χ0n) is 17.3. The Morgan fingerprint density at radius 1 is 0.871 bits per heavy atom. The second kappa shape index (κ2) is 9.25. The Labute approximate surface area is 181 Å². The topological polar surface area (TPSA) is 80.8 Å². The number of anilines is 1. The number of hydrogen-bond acceptors (Lipinski definition) is 5. The Morgan fingerprint density at radius 2 is 1.55 bits per heavy atom. The van der Waals surface area contributed by atoms with Crippen LogP contribution in [0.3, 0.4) is 0 Å². The first-order valence-electron chi connectivity index (χ1n) is 10.8. The Hall–Kier alpha value is -3.28. The quantitative estimate of drug-likeness (QED) is 0.393. The SMILES string of the molecule is O=C(COC(=O)c1cccc(N2C(=O)CCC2=O)c1)c1ccc(C2CCCCC2)cc1. The fourth-order valence-corrected chi connectivity index (χ4v) is 4.31. The molecule has 0 radical (unpaired) electrons. The van der Waals surface area contributed by atoms with Gasteiger partial charge in [0.15, 0.2) is 12.4 Å². The molecule has 0 atom stereocenters. The van der Waals surface area contributed by atoms with Gasteiger partial charge in [-0.1, -0.05) is 49.6 Å². The van der Waals surface area contributed by atoms with Gasteiger partial charge in [0.2, 0.25) is 11.8 Å². The van der Waals surface area contributed by atoms with Crippen LogP contribution in [-0.4, -0.2) is 30.2 Å². The Morgan fingerprint density at radius 3 is 2.23 bits per heavy atom. The van der Waals surface area contributed by atoms with Crippen molar-refractivity contribution < 1.29 is 23.9 Å². The molecular weight excluding hydrogens is 394 g/mol. The number of benzene rings is 2. The van der Waals surface area contributed by atoms with Crippen molar-refractivity contribution in [1.82, 2.24) is 0 Å². The molecule has 6 heteroatoms. The van der Waals surface area contributed by atoms with Gasteiger partial charge in [-0.3, -0.25) is 19.3 Å². The first kappa shape index (κ1) is 21.0. The molecule has 1 aliphatic heterocycles. The van der Waals surface area contributed by atoms with Gasteiger partial charge in [-0.05, 0) is 42.5 Å². The summed E-state index contributed by atoms with van der Waals surface area (Å²) in [5.41, 5.74) is 2.29. The summed E-state index contributed by atoms with van der Waals surface area (Å²) in [6.07, 6.45) is 6.53. The number of ketones is 1. The number of hydrogen-bond donors (Lipinski definition) is 0. The molecule has 0 N–H and O–H groups in total. The Balaban J connectivity index is 1.36. The van der Waals surface area contributed by atoms with Gasteiger partial charge in [0.1, 0.15) is 0 Å². The molecule has 0 spiro atoms. The van der Waals surface area contributed by atoms with Crippen molar-refractivity contribution in [3.05, 3.63) is 65.2 Å². The molecule has 1 aliphatic carbocycles. The third-order valence-electron chi connectivity index (χ3n) is 6.04. The number of esters is 1. The van der Waals surface area contributed by atoms with E-state index < -0.39 is 5.97 Å². The highest BCUT2D eigenvalue weighted by Gasteiger charge is 2.30. The lowest BCUT2D eigenvalue weighted by Gasteiger charge is -2.22. The van der Waals surface area contributed by atoms with Crippen molar-refractivity contribution in [1.29, 1.82) is 0 Å². The predicted octanol–water partition coefficient (Wildman–Crippen LogP) is 4.43. The maximum Gasteiger partial charge on any atom is 0.338 e. The smallest absolute Gasteiger partial charge is 0.338 e. The van der Waals surface area contributed by atoms with Crippen LogP contribution >= 0.6 is 0 Å². The summed E-state index contributed by atoms with van der Waals surface area (Å²) in [5.74, 6) is -0.958.